The molecule has 0 aliphatic heterocycles. The second-order valence-corrected chi connectivity index (χ2v) is 5.67. The zero-order chi connectivity index (χ0) is 12.7. The van der Waals surface area contributed by atoms with Gasteiger partial charge in [0.1, 0.15) is 11.5 Å². The van der Waals surface area contributed by atoms with Crippen LogP contribution in [-0.4, -0.2) is 24.7 Å². The van der Waals surface area contributed by atoms with Crippen LogP contribution in [-0.2, 0) is 4.74 Å². The van der Waals surface area contributed by atoms with Gasteiger partial charge in [0.25, 0.3) is 0 Å². The number of esters is 1. The van der Waals surface area contributed by atoms with Crippen molar-refractivity contribution in [3.63, 3.8) is 0 Å². The molecule has 4 heteroatoms. The van der Waals surface area contributed by atoms with E-state index in [0.29, 0.717) is 11.5 Å². The monoisotopic (exact) mass is 255 g/mol. The highest BCUT2D eigenvalue weighted by Crippen LogP contribution is 2.12. The van der Waals surface area contributed by atoms with Crippen LogP contribution in [0.15, 0.2) is 17.5 Å². The predicted octanol–water partition coefficient (Wildman–Crippen LogP) is 3.07. The number of carbonyl (C=O) groups is 1. The number of unbranched alkanes of at least 4 members (excludes halogenated alkanes) is 1. The van der Waals surface area contributed by atoms with E-state index in [1.807, 2.05) is 25.3 Å². The lowest BCUT2D eigenvalue weighted by Gasteiger charge is -2.25. The third kappa shape index (κ3) is 5.33. The molecule has 0 radical (unpaired) electrons. The van der Waals surface area contributed by atoms with Gasteiger partial charge in [-0.05, 0) is 38.3 Å². The molecule has 17 heavy (non-hydrogen) atoms. The molecule has 1 N–H and O–H groups in total. The molecule has 0 atom stereocenters. The van der Waals surface area contributed by atoms with Gasteiger partial charge in [0.05, 0.1) is 0 Å². The molecule has 96 valence electrons. The maximum absolute atomic E-state index is 11.6. The van der Waals surface area contributed by atoms with Crippen LogP contribution in [0.25, 0.3) is 0 Å². The van der Waals surface area contributed by atoms with Gasteiger partial charge in [-0.1, -0.05) is 19.4 Å². The first-order valence-corrected chi connectivity index (χ1v) is 6.89. The van der Waals surface area contributed by atoms with Gasteiger partial charge in [-0.15, -0.1) is 11.3 Å². The summed E-state index contributed by atoms with van der Waals surface area (Å²) in [6.07, 6.45) is 2.31. The highest BCUT2D eigenvalue weighted by atomic mass is 32.1. The Kier molecular flexibility index (Phi) is 5.65. The molecule has 0 aliphatic carbocycles. The van der Waals surface area contributed by atoms with E-state index in [1.54, 1.807) is 6.07 Å². The average molecular weight is 255 g/mol. The van der Waals surface area contributed by atoms with Gasteiger partial charge in [-0.2, -0.15) is 0 Å². The highest BCUT2D eigenvalue weighted by Gasteiger charge is 2.19. The summed E-state index contributed by atoms with van der Waals surface area (Å²) in [4.78, 5) is 12.3. The molecule has 0 bridgehead atoms. The maximum Gasteiger partial charge on any atom is 0.348 e. The van der Waals surface area contributed by atoms with E-state index < -0.39 is 0 Å². The molecule has 1 heterocycles. The first kappa shape index (κ1) is 14.2. The van der Waals surface area contributed by atoms with Crippen molar-refractivity contribution in [1.29, 1.82) is 0 Å². The van der Waals surface area contributed by atoms with Gasteiger partial charge in [0.15, 0.2) is 0 Å². The molecule has 0 spiro atoms. The summed E-state index contributed by atoms with van der Waals surface area (Å²) in [5.41, 5.74) is -0.165. The molecular formula is C13H21NO2S. The molecule has 0 aliphatic rings. The number of rotatable bonds is 7. The Hall–Kier alpha value is -0.870. The second kappa shape index (κ2) is 6.77. The van der Waals surface area contributed by atoms with Crippen molar-refractivity contribution in [2.75, 3.05) is 13.2 Å². The quantitative estimate of drug-likeness (QED) is 0.601. The summed E-state index contributed by atoms with van der Waals surface area (Å²) in [6, 6.07) is 3.64. The number of thiophene rings is 1. The van der Waals surface area contributed by atoms with E-state index in [4.69, 9.17) is 4.74 Å². The van der Waals surface area contributed by atoms with Gasteiger partial charge in [0.2, 0.25) is 0 Å². The molecule has 0 saturated carbocycles. The summed E-state index contributed by atoms with van der Waals surface area (Å²) in [7, 11) is 0. The van der Waals surface area contributed by atoms with Crippen LogP contribution in [0.2, 0.25) is 0 Å². The minimum absolute atomic E-state index is 0.165. The predicted molar refractivity (Wildman–Crippen MR) is 71.6 cm³/mol. The Balaban J connectivity index is 2.31. The fraction of sp³-hybridized carbons (Fsp3) is 0.615. The SMILES string of the molecule is CCCCNC(C)(C)COC(=O)c1cccs1. The van der Waals surface area contributed by atoms with Crippen molar-refractivity contribution in [3.05, 3.63) is 22.4 Å². The largest absolute Gasteiger partial charge is 0.460 e. The number of nitrogens with one attached hydrogen (secondary N) is 1. The molecule has 0 saturated heterocycles. The standard InChI is InChI=1S/C13H21NO2S/c1-4-5-8-14-13(2,3)10-16-12(15)11-7-6-9-17-11/h6-7,9,14H,4-5,8,10H2,1-3H3. The topological polar surface area (TPSA) is 38.3 Å². The molecule has 0 aromatic carbocycles. The molecule has 3 nitrogen and oxygen atoms in total. The summed E-state index contributed by atoms with van der Waals surface area (Å²) in [6.45, 7) is 7.60. The van der Waals surface area contributed by atoms with Gasteiger partial charge in [-0.25, -0.2) is 4.79 Å². The Bertz CT molecular complexity index is 333. The zero-order valence-corrected chi connectivity index (χ0v) is 11.6. The maximum atomic E-state index is 11.6. The third-order valence-corrected chi connectivity index (χ3v) is 3.27. The Labute approximate surface area is 107 Å². The van der Waals surface area contributed by atoms with E-state index in [1.165, 1.54) is 11.3 Å². The first-order chi connectivity index (χ1) is 8.05. The molecule has 0 fully saturated rings. The number of hydrogen-bond donors (Lipinski definition) is 1. The van der Waals surface area contributed by atoms with E-state index in [0.717, 1.165) is 19.4 Å². The van der Waals surface area contributed by atoms with E-state index in [-0.39, 0.29) is 11.5 Å². The van der Waals surface area contributed by atoms with Crippen LogP contribution < -0.4 is 5.32 Å². The van der Waals surface area contributed by atoms with Crippen molar-refractivity contribution >= 4 is 17.3 Å². The lowest BCUT2D eigenvalue weighted by molar-refractivity contribution is 0.0406. The van der Waals surface area contributed by atoms with Gasteiger partial charge < -0.3 is 10.1 Å². The summed E-state index contributed by atoms with van der Waals surface area (Å²) in [5, 5.41) is 5.26. The van der Waals surface area contributed by atoms with Crippen LogP contribution in [0.4, 0.5) is 0 Å². The first-order valence-electron chi connectivity index (χ1n) is 6.01. The Morgan fingerprint density at radius 3 is 2.88 bits per heavy atom. The Morgan fingerprint density at radius 2 is 2.29 bits per heavy atom. The van der Waals surface area contributed by atoms with Crippen LogP contribution in [0, 0.1) is 0 Å². The van der Waals surface area contributed by atoms with Crippen molar-refractivity contribution in [1.82, 2.24) is 5.32 Å². The molecular weight excluding hydrogens is 234 g/mol. The van der Waals surface area contributed by atoms with Crippen LogP contribution in [0.3, 0.4) is 0 Å². The minimum atomic E-state index is -0.231. The van der Waals surface area contributed by atoms with Crippen molar-refractivity contribution in [2.24, 2.45) is 0 Å². The number of hydrogen-bond acceptors (Lipinski definition) is 4. The third-order valence-electron chi connectivity index (χ3n) is 2.42. The van der Waals surface area contributed by atoms with Crippen molar-refractivity contribution < 1.29 is 9.53 Å². The van der Waals surface area contributed by atoms with Crippen molar-refractivity contribution in [3.8, 4) is 0 Å². The fourth-order valence-electron chi connectivity index (χ4n) is 1.37. The average Bonchev–Trinajstić information content (AvgIpc) is 2.80. The van der Waals surface area contributed by atoms with Crippen LogP contribution >= 0.6 is 11.3 Å². The van der Waals surface area contributed by atoms with E-state index >= 15 is 0 Å². The van der Waals surface area contributed by atoms with Crippen molar-refractivity contribution in [2.45, 2.75) is 39.2 Å². The molecule has 0 unspecified atom stereocenters. The summed E-state index contributed by atoms with van der Waals surface area (Å²) < 4.78 is 5.29. The highest BCUT2D eigenvalue weighted by molar-refractivity contribution is 7.11. The Morgan fingerprint density at radius 1 is 1.53 bits per heavy atom. The summed E-state index contributed by atoms with van der Waals surface area (Å²) in [5.74, 6) is -0.231. The normalized spacial score (nSPS) is 11.5. The molecule has 1 aromatic heterocycles. The van der Waals surface area contributed by atoms with Crippen LogP contribution in [0.5, 0.6) is 0 Å². The zero-order valence-electron chi connectivity index (χ0n) is 10.8. The van der Waals surface area contributed by atoms with E-state index in [9.17, 15) is 4.79 Å². The smallest absolute Gasteiger partial charge is 0.348 e. The number of carbonyl (C=O) groups excluding carboxylic acids is 1. The number of ether oxygens (including phenoxy) is 1. The fourth-order valence-corrected chi connectivity index (χ4v) is 1.98. The van der Waals surface area contributed by atoms with Gasteiger partial charge in [-0.3, -0.25) is 0 Å². The van der Waals surface area contributed by atoms with Gasteiger partial charge >= 0.3 is 5.97 Å². The molecule has 1 aromatic rings. The summed E-state index contributed by atoms with van der Waals surface area (Å²) >= 11 is 1.41. The molecule has 0 amide bonds. The van der Waals surface area contributed by atoms with Crippen LogP contribution in [0.1, 0.15) is 43.3 Å². The molecule has 1 rings (SSSR count). The second-order valence-electron chi connectivity index (χ2n) is 4.72. The van der Waals surface area contributed by atoms with Gasteiger partial charge in [0, 0.05) is 5.54 Å². The lowest BCUT2D eigenvalue weighted by atomic mass is 10.1. The van der Waals surface area contributed by atoms with E-state index in [2.05, 4.69) is 12.2 Å². The minimum Gasteiger partial charge on any atom is -0.460 e. The lowest BCUT2D eigenvalue weighted by Crippen LogP contribution is -2.44.